The molecular weight excluding hydrogens is 230 g/mol. The number of nitrogens with zero attached hydrogens (tertiary/aromatic N) is 1. The molecule has 18 heavy (non-hydrogen) atoms. The number of carbonyl (C=O) groups is 1. The Hall–Kier alpha value is -1.62. The van der Waals surface area contributed by atoms with Gasteiger partial charge in [0.2, 0.25) is 0 Å². The molecule has 2 rings (SSSR count). The van der Waals surface area contributed by atoms with Crippen LogP contribution in [0.1, 0.15) is 30.3 Å². The number of nitrogens with one attached hydrogen (secondary N) is 2. The van der Waals surface area contributed by atoms with Crippen LogP contribution in [0.4, 0.5) is 5.69 Å². The van der Waals surface area contributed by atoms with Gasteiger partial charge in [0.25, 0.3) is 5.91 Å². The van der Waals surface area contributed by atoms with E-state index in [1.807, 2.05) is 13.0 Å². The summed E-state index contributed by atoms with van der Waals surface area (Å²) in [6.45, 7) is 4.10. The number of carbonyl (C=O) groups excluding carboxylic acids is 1. The highest BCUT2D eigenvalue weighted by molar-refractivity contribution is 5.93. The zero-order chi connectivity index (χ0) is 12.8. The van der Waals surface area contributed by atoms with Gasteiger partial charge in [0.1, 0.15) is 5.69 Å². The topological polar surface area (TPSA) is 63.2 Å². The first-order valence-electron chi connectivity index (χ1n) is 6.38. The highest BCUT2D eigenvalue weighted by atomic mass is 16.5. The minimum atomic E-state index is -0.131. The third kappa shape index (κ3) is 3.43. The normalized spacial score (nSPS) is 16.3. The van der Waals surface area contributed by atoms with Crippen LogP contribution in [0.5, 0.6) is 0 Å². The van der Waals surface area contributed by atoms with Gasteiger partial charge >= 0.3 is 0 Å². The number of rotatable bonds is 4. The molecule has 0 aromatic carbocycles. The molecule has 0 saturated carbocycles. The summed E-state index contributed by atoms with van der Waals surface area (Å²) in [7, 11) is 0. The number of hydrogen-bond donors (Lipinski definition) is 2. The maximum absolute atomic E-state index is 11.7. The van der Waals surface area contributed by atoms with Gasteiger partial charge in [0, 0.05) is 37.7 Å². The Bertz CT molecular complexity index is 403. The predicted molar refractivity (Wildman–Crippen MR) is 69.7 cm³/mol. The van der Waals surface area contributed by atoms with E-state index in [1.165, 1.54) is 0 Å². The van der Waals surface area contributed by atoms with Gasteiger partial charge in [-0.05, 0) is 31.9 Å². The third-order valence-corrected chi connectivity index (χ3v) is 2.92. The SMILES string of the molecule is CCNC(=O)c1cc(NC2CCOCC2)ccn1. The van der Waals surface area contributed by atoms with E-state index in [9.17, 15) is 4.79 Å². The number of anilines is 1. The predicted octanol–water partition coefficient (Wildman–Crippen LogP) is 1.42. The summed E-state index contributed by atoms with van der Waals surface area (Å²) >= 11 is 0. The van der Waals surface area contributed by atoms with E-state index in [2.05, 4.69) is 15.6 Å². The fourth-order valence-electron chi connectivity index (χ4n) is 1.97. The molecule has 2 heterocycles. The maximum Gasteiger partial charge on any atom is 0.269 e. The van der Waals surface area contributed by atoms with Crippen molar-refractivity contribution in [2.75, 3.05) is 25.1 Å². The van der Waals surface area contributed by atoms with E-state index in [0.717, 1.165) is 31.7 Å². The van der Waals surface area contributed by atoms with Crippen LogP contribution in [-0.2, 0) is 4.74 Å². The van der Waals surface area contributed by atoms with Crippen molar-refractivity contribution in [3.05, 3.63) is 24.0 Å². The van der Waals surface area contributed by atoms with Gasteiger partial charge in [-0.25, -0.2) is 0 Å². The van der Waals surface area contributed by atoms with Crippen LogP contribution in [0.2, 0.25) is 0 Å². The van der Waals surface area contributed by atoms with E-state index in [1.54, 1.807) is 12.3 Å². The second-order valence-corrected chi connectivity index (χ2v) is 4.32. The Morgan fingerprint density at radius 3 is 3.00 bits per heavy atom. The Morgan fingerprint density at radius 2 is 2.28 bits per heavy atom. The summed E-state index contributed by atoms with van der Waals surface area (Å²) in [5.41, 5.74) is 1.40. The Balaban J connectivity index is 2.00. The zero-order valence-electron chi connectivity index (χ0n) is 10.6. The minimum Gasteiger partial charge on any atom is -0.382 e. The molecule has 2 N–H and O–H groups in total. The van der Waals surface area contributed by atoms with E-state index in [4.69, 9.17) is 4.74 Å². The van der Waals surface area contributed by atoms with Gasteiger partial charge in [-0.15, -0.1) is 0 Å². The Labute approximate surface area is 107 Å². The van der Waals surface area contributed by atoms with Gasteiger partial charge in [0.15, 0.2) is 0 Å². The zero-order valence-corrected chi connectivity index (χ0v) is 10.6. The minimum absolute atomic E-state index is 0.131. The lowest BCUT2D eigenvalue weighted by Gasteiger charge is -2.24. The van der Waals surface area contributed by atoms with Crippen LogP contribution in [0.15, 0.2) is 18.3 Å². The van der Waals surface area contributed by atoms with Crippen LogP contribution >= 0.6 is 0 Å². The smallest absolute Gasteiger partial charge is 0.269 e. The summed E-state index contributed by atoms with van der Waals surface area (Å²) < 4.78 is 5.31. The number of hydrogen-bond acceptors (Lipinski definition) is 4. The van der Waals surface area contributed by atoms with E-state index in [0.29, 0.717) is 18.3 Å². The second-order valence-electron chi connectivity index (χ2n) is 4.32. The highest BCUT2D eigenvalue weighted by Gasteiger charge is 2.14. The fourth-order valence-corrected chi connectivity index (χ4v) is 1.97. The monoisotopic (exact) mass is 249 g/mol. The molecule has 98 valence electrons. The van der Waals surface area contributed by atoms with Crippen molar-refractivity contribution >= 4 is 11.6 Å². The van der Waals surface area contributed by atoms with Crippen LogP contribution in [0.3, 0.4) is 0 Å². The number of aromatic nitrogens is 1. The van der Waals surface area contributed by atoms with Crippen LogP contribution in [0.25, 0.3) is 0 Å². The first-order valence-corrected chi connectivity index (χ1v) is 6.38. The van der Waals surface area contributed by atoms with Crippen molar-refractivity contribution in [2.45, 2.75) is 25.8 Å². The third-order valence-electron chi connectivity index (χ3n) is 2.92. The molecule has 0 atom stereocenters. The molecule has 1 fully saturated rings. The molecular formula is C13H19N3O2. The lowest BCUT2D eigenvalue weighted by Crippen LogP contribution is -2.28. The average molecular weight is 249 g/mol. The molecule has 0 unspecified atom stereocenters. The molecule has 0 radical (unpaired) electrons. The van der Waals surface area contributed by atoms with E-state index >= 15 is 0 Å². The molecule has 0 spiro atoms. The van der Waals surface area contributed by atoms with Gasteiger partial charge in [-0.3, -0.25) is 9.78 Å². The Kier molecular flexibility index (Phi) is 4.52. The number of ether oxygens (including phenoxy) is 1. The van der Waals surface area contributed by atoms with Crippen molar-refractivity contribution in [1.82, 2.24) is 10.3 Å². The summed E-state index contributed by atoms with van der Waals surface area (Å²) in [6.07, 6.45) is 3.66. The van der Waals surface area contributed by atoms with Crippen molar-refractivity contribution in [1.29, 1.82) is 0 Å². The lowest BCUT2D eigenvalue weighted by atomic mass is 10.1. The summed E-state index contributed by atoms with van der Waals surface area (Å²) in [5.74, 6) is -0.131. The van der Waals surface area contributed by atoms with E-state index in [-0.39, 0.29) is 5.91 Å². The first-order chi connectivity index (χ1) is 8.79. The highest BCUT2D eigenvalue weighted by Crippen LogP contribution is 2.15. The van der Waals surface area contributed by atoms with Crippen molar-refractivity contribution < 1.29 is 9.53 Å². The van der Waals surface area contributed by atoms with Gasteiger partial charge in [-0.2, -0.15) is 0 Å². The van der Waals surface area contributed by atoms with Gasteiger partial charge in [0.05, 0.1) is 0 Å². The molecule has 1 aromatic heterocycles. The van der Waals surface area contributed by atoms with Crippen LogP contribution in [0, 0.1) is 0 Å². The number of pyridine rings is 1. The van der Waals surface area contributed by atoms with E-state index < -0.39 is 0 Å². The summed E-state index contributed by atoms with van der Waals surface area (Å²) in [5, 5.41) is 6.16. The lowest BCUT2D eigenvalue weighted by molar-refractivity contribution is 0.0904. The summed E-state index contributed by atoms with van der Waals surface area (Å²) in [6, 6.07) is 4.10. The molecule has 1 amide bonds. The summed E-state index contributed by atoms with van der Waals surface area (Å²) in [4.78, 5) is 15.7. The molecule has 1 aliphatic rings. The molecule has 1 saturated heterocycles. The van der Waals surface area contributed by atoms with Crippen molar-refractivity contribution in [2.24, 2.45) is 0 Å². The quantitative estimate of drug-likeness (QED) is 0.847. The Morgan fingerprint density at radius 1 is 1.50 bits per heavy atom. The van der Waals surface area contributed by atoms with Gasteiger partial charge in [-0.1, -0.05) is 0 Å². The van der Waals surface area contributed by atoms with Gasteiger partial charge < -0.3 is 15.4 Å². The van der Waals surface area contributed by atoms with Crippen LogP contribution in [-0.4, -0.2) is 36.7 Å². The average Bonchev–Trinajstić information content (AvgIpc) is 2.40. The molecule has 5 heteroatoms. The molecule has 1 aromatic rings. The fraction of sp³-hybridized carbons (Fsp3) is 0.538. The first kappa shape index (κ1) is 12.8. The largest absolute Gasteiger partial charge is 0.382 e. The molecule has 0 bridgehead atoms. The second kappa shape index (κ2) is 6.35. The standard InChI is InChI=1S/C13H19N3O2/c1-2-14-13(17)12-9-11(3-6-15-12)16-10-4-7-18-8-5-10/h3,6,9-10H,2,4-5,7-8H2,1H3,(H,14,17)(H,15,16). The molecule has 1 aliphatic heterocycles. The van der Waals surface area contributed by atoms with Crippen molar-refractivity contribution in [3.8, 4) is 0 Å². The molecule has 5 nitrogen and oxygen atoms in total. The number of amides is 1. The van der Waals surface area contributed by atoms with Crippen molar-refractivity contribution in [3.63, 3.8) is 0 Å². The maximum atomic E-state index is 11.7. The molecule has 0 aliphatic carbocycles. The van der Waals surface area contributed by atoms with Crippen LogP contribution < -0.4 is 10.6 Å².